The van der Waals surface area contributed by atoms with Gasteiger partial charge in [-0.15, -0.1) is 0 Å². The second-order valence-corrected chi connectivity index (χ2v) is 4.18. The van der Waals surface area contributed by atoms with Crippen LogP contribution in [-0.4, -0.2) is 22.0 Å². The van der Waals surface area contributed by atoms with Gasteiger partial charge in [0.25, 0.3) is 0 Å². The molecule has 0 unspecified atom stereocenters. The number of rotatable bonds is 6. The molecule has 84 valence electrons. The molecule has 1 aromatic rings. The van der Waals surface area contributed by atoms with Gasteiger partial charge in [-0.25, -0.2) is 4.79 Å². The molecule has 4 nitrogen and oxygen atoms in total. The maximum Gasteiger partial charge on any atom is 0.340 e. The number of nitrogens with one attached hydrogen (secondary N) is 1. The Hall–Kier alpha value is -1.10. The van der Waals surface area contributed by atoms with Crippen LogP contribution >= 0.6 is 11.5 Å². The SMILES string of the molecule is CCCCCNc1snc(C)c1C(=O)O. The lowest BCUT2D eigenvalue weighted by atomic mass is 10.2. The first-order valence-corrected chi connectivity index (χ1v) is 5.87. The van der Waals surface area contributed by atoms with Gasteiger partial charge in [0.15, 0.2) is 0 Å². The molecule has 0 saturated heterocycles. The average molecular weight is 228 g/mol. The van der Waals surface area contributed by atoms with Gasteiger partial charge in [-0.3, -0.25) is 0 Å². The van der Waals surface area contributed by atoms with Crippen LogP contribution in [0.4, 0.5) is 5.00 Å². The Kier molecular flexibility index (Phi) is 4.55. The largest absolute Gasteiger partial charge is 0.478 e. The Bertz CT molecular complexity index is 336. The molecular formula is C10H16N2O2S. The van der Waals surface area contributed by atoms with Gasteiger partial charge in [0.2, 0.25) is 0 Å². The van der Waals surface area contributed by atoms with Crippen LogP contribution in [0.15, 0.2) is 0 Å². The zero-order valence-corrected chi connectivity index (χ0v) is 9.86. The van der Waals surface area contributed by atoms with Crippen LogP contribution < -0.4 is 5.32 Å². The lowest BCUT2D eigenvalue weighted by Crippen LogP contribution is -2.05. The molecule has 0 saturated carbocycles. The van der Waals surface area contributed by atoms with Crippen molar-refractivity contribution in [1.82, 2.24) is 4.37 Å². The number of nitrogens with zero attached hydrogens (tertiary/aromatic N) is 1. The highest BCUT2D eigenvalue weighted by atomic mass is 32.1. The first kappa shape index (κ1) is 12.0. The second-order valence-electron chi connectivity index (χ2n) is 3.41. The van der Waals surface area contributed by atoms with E-state index in [1.165, 1.54) is 11.5 Å². The smallest absolute Gasteiger partial charge is 0.340 e. The summed E-state index contributed by atoms with van der Waals surface area (Å²) in [5, 5.41) is 12.8. The van der Waals surface area contributed by atoms with Crippen molar-refractivity contribution < 1.29 is 9.90 Å². The van der Waals surface area contributed by atoms with Gasteiger partial charge in [-0.05, 0) is 24.9 Å². The normalized spacial score (nSPS) is 10.3. The molecule has 0 bridgehead atoms. The first-order valence-electron chi connectivity index (χ1n) is 5.10. The van der Waals surface area contributed by atoms with E-state index in [2.05, 4.69) is 16.6 Å². The van der Waals surface area contributed by atoms with E-state index in [4.69, 9.17) is 5.11 Å². The maximum absolute atomic E-state index is 10.9. The van der Waals surface area contributed by atoms with Gasteiger partial charge >= 0.3 is 5.97 Å². The summed E-state index contributed by atoms with van der Waals surface area (Å²) in [4.78, 5) is 10.9. The zero-order chi connectivity index (χ0) is 11.3. The quantitative estimate of drug-likeness (QED) is 0.735. The predicted octanol–water partition coefficient (Wildman–Crippen LogP) is 2.75. The summed E-state index contributed by atoms with van der Waals surface area (Å²) in [5.74, 6) is -0.903. The van der Waals surface area contributed by atoms with E-state index in [0.29, 0.717) is 16.3 Å². The molecule has 0 aliphatic heterocycles. The standard InChI is InChI=1S/C10H16N2O2S/c1-3-4-5-6-11-9-8(10(13)14)7(2)12-15-9/h11H,3-6H2,1-2H3,(H,13,14). The number of carbonyl (C=O) groups is 1. The van der Waals surface area contributed by atoms with Gasteiger partial charge in [0.05, 0.1) is 5.69 Å². The van der Waals surface area contributed by atoms with Gasteiger partial charge in [0.1, 0.15) is 10.6 Å². The topological polar surface area (TPSA) is 62.2 Å². The van der Waals surface area contributed by atoms with Crippen molar-refractivity contribution in [3.63, 3.8) is 0 Å². The highest BCUT2D eigenvalue weighted by Crippen LogP contribution is 2.24. The Morgan fingerprint density at radius 3 is 2.87 bits per heavy atom. The summed E-state index contributed by atoms with van der Waals surface area (Å²) >= 11 is 1.22. The van der Waals surface area contributed by atoms with Crippen LogP contribution in [0, 0.1) is 6.92 Å². The van der Waals surface area contributed by atoms with Crippen LogP contribution in [0.2, 0.25) is 0 Å². The van der Waals surface area contributed by atoms with E-state index in [1.807, 2.05) is 0 Å². The number of hydrogen-bond donors (Lipinski definition) is 2. The van der Waals surface area contributed by atoms with Crippen molar-refractivity contribution in [3.8, 4) is 0 Å². The zero-order valence-electron chi connectivity index (χ0n) is 9.04. The Morgan fingerprint density at radius 2 is 2.27 bits per heavy atom. The third-order valence-electron chi connectivity index (χ3n) is 2.14. The Morgan fingerprint density at radius 1 is 1.53 bits per heavy atom. The van der Waals surface area contributed by atoms with E-state index in [0.717, 1.165) is 25.8 Å². The van der Waals surface area contributed by atoms with Crippen LogP contribution in [-0.2, 0) is 0 Å². The van der Waals surface area contributed by atoms with Crippen molar-refractivity contribution in [1.29, 1.82) is 0 Å². The highest BCUT2D eigenvalue weighted by molar-refractivity contribution is 7.10. The number of aromatic carboxylic acids is 1. The van der Waals surface area contributed by atoms with Crippen molar-refractivity contribution in [2.24, 2.45) is 0 Å². The molecular weight excluding hydrogens is 212 g/mol. The minimum Gasteiger partial charge on any atom is -0.478 e. The summed E-state index contributed by atoms with van der Waals surface area (Å²) in [6.45, 7) is 4.67. The summed E-state index contributed by atoms with van der Waals surface area (Å²) in [6.07, 6.45) is 3.38. The minimum atomic E-state index is -0.903. The van der Waals surface area contributed by atoms with Gasteiger partial charge in [0, 0.05) is 6.54 Å². The van der Waals surface area contributed by atoms with E-state index >= 15 is 0 Å². The summed E-state index contributed by atoms with van der Waals surface area (Å²) in [7, 11) is 0. The molecule has 15 heavy (non-hydrogen) atoms. The molecule has 0 aliphatic carbocycles. The van der Waals surface area contributed by atoms with Crippen molar-refractivity contribution in [3.05, 3.63) is 11.3 Å². The lowest BCUT2D eigenvalue weighted by molar-refractivity contribution is 0.0697. The minimum absolute atomic E-state index is 0.316. The lowest BCUT2D eigenvalue weighted by Gasteiger charge is -2.03. The molecule has 0 aromatic carbocycles. The third kappa shape index (κ3) is 3.20. The maximum atomic E-state index is 10.9. The Labute approximate surface area is 93.5 Å². The van der Waals surface area contributed by atoms with Crippen LogP contribution in [0.1, 0.15) is 42.2 Å². The summed E-state index contributed by atoms with van der Waals surface area (Å²) in [6, 6.07) is 0. The molecule has 5 heteroatoms. The summed E-state index contributed by atoms with van der Waals surface area (Å²) in [5.41, 5.74) is 0.905. The van der Waals surface area contributed by atoms with Crippen LogP contribution in [0.3, 0.4) is 0 Å². The number of hydrogen-bond acceptors (Lipinski definition) is 4. The fraction of sp³-hybridized carbons (Fsp3) is 0.600. The molecule has 2 N–H and O–H groups in total. The predicted molar refractivity (Wildman–Crippen MR) is 61.8 cm³/mol. The van der Waals surface area contributed by atoms with Gasteiger partial charge in [-0.2, -0.15) is 4.37 Å². The summed E-state index contributed by atoms with van der Waals surface area (Å²) < 4.78 is 4.04. The number of carboxylic acid groups (broad SMARTS) is 1. The molecule has 1 rings (SSSR count). The molecule has 0 radical (unpaired) electrons. The monoisotopic (exact) mass is 228 g/mol. The van der Waals surface area contributed by atoms with Gasteiger partial charge in [-0.1, -0.05) is 19.8 Å². The molecule has 1 aromatic heterocycles. The number of anilines is 1. The molecule has 0 spiro atoms. The molecule has 0 fully saturated rings. The van der Waals surface area contributed by atoms with Crippen molar-refractivity contribution >= 4 is 22.5 Å². The fourth-order valence-corrected chi connectivity index (χ4v) is 2.13. The molecule has 0 atom stereocenters. The number of carboxylic acids is 1. The Balaban J connectivity index is 2.57. The number of aryl methyl sites for hydroxylation is 1. The van der Waals surface area contributed by atoms with Crippen molar-refractivity contribution in [2.45, 2.75) is 33.1 Å². The van der Waals surface area contributed by atoms with E-state index in [1.54, 1.807) is 6.92 Å². The molecule has 0 aliphatic rings. The van der Waals surface area contributed by atoms with Crippen molar-refractivity contribution in [2.75, 3.05) is 11.9 Å². The van der Waals surface area contributed by atoms with E-state index in [9.17, 15) is 4.79 Å². The average Bonchev–Trinajstić information content (AvgIpc) is 2.54. The second kappa shape index (κ2) is 5.70. The van der Waals surface area contributed by atoms with E-state index in [-0.39, 0.29) is 0 Å². The number of aromatic nitrogens is 1. The fourth-order valence-electron chi connectivity index (χ4n) is 1.32. The highest BCUT2D eigenvalue weighted by Gasteiger charge is 2.16. The third-order valence-corrected chi connectivity index (χ3v) is 3.04. The first-order chi connectivity index (χ1) is 7.16. The molecule has 0 amide bonds. The van der Waals surface area contributed by atoms with E-state index < -0.39 is 5.97 Å². The number of unbranched alkanes of at least 4 members (excludes halogenated alkanes) is 2. The molecule has 1 heterocycles. The van der Waals surface area contributed by atoms with Crippen LogP contribution in [0.5, 0.6) is 0 Å². The van der Waals surface area contributed by atoms with Crippen LogP contribution in [0.25, 0.3) is 0 Å². The van der Waals surface area contributed by atoms with Gasteiger partial charge < -0.3 is 10.4 Å².